The van der Waals surface area contributed by atoms with Crippen LogP contribution in [-0.2, 0) is 14.3 Å². The van der Waals surface area contributed by atoms with Crippen LogP contribution >= 0.6 is 0 Å². The van der Waals surface area contributed by atoms with Crippen LogP contribution in [0.3, 0.4) is 0 Å². The number of ketones is 1. The molecule has 4 rings (SSSR count). The summed E-state index contributed by atoms with van der Waals surface area (Å²) in [6.07, 6.45) is -1.14. The van der Waals surface area contributed by atoms with Gasteiger partial charge in [0.1, 0.15) is 17.8 Å². The van der Waals surface area contributed by atoms with Gasteiger partial charge in [0.25, 0.3) is 0 Å². The third-order valence-electron chi connectivity index (χ3n) is 6.43. The lowest BCUT2D eigenvalue weighted by molar-refractivity contribution is -0.244. The molecule has 0 radical (unpaired) electrons. The van der Waals surface area contributed by atoms with Crippen LogP contribution in [0.1, 0.15) is 20.3 Å². The zero-order valence-electron chi connectivity index (χ0n) is 12.1. The predicted molar refractivity (Wildman–Crippen MR) is 70.4 cm³/mol. The van der Waals surface area contributed by atoms with Crippen molar-refractivity contribution < 1.29 is 29.6 Å². The number of hydrogen-bond donors (Lipinski definition) is 3. The number of epoxide rings is 1. The van der Waals surface area contributed by atoms with E-state index in [9.17, 15) is 20.1 Å². The summed E-state index contributed by atoms with van der Waals surface area (Å²) in [6.45, 7) is 3.55. The molecule has 1 spiro atoms. The highest BCUT2D eigenvalue weighted by Gasteiger charge is 2.83. The molecule has 2 bridgehead atoms. The Morgan fingerprint density at radius 2 is 2.10 bits per heavy atom. The van der Waals surface area contributed by atoms with Gasteiger partial charge in [-0.15, -0.1) is 0 Å². The molecule has 4 aliphatic rings. The molecular formula is C15H20O6. The summed E-state index contributed by atoms with van der Waals surface area (Å²) < 4.78 is 11.6. The van der Waals surface area contributed by atoms with Crippen LogP contribution in [0.15, 0.2) is 11.6 Å². The van der Waals surface area contributed by atoms with Gasteiger partial charge in [-0.3, -0.25) is 4.79 Å². The predicted octanol–water partition coefficient (Wildman–Crippen LogP) is -0.838. The smallest absolute Gasteiger partial charge is 0.187 e. The average Bonchev–Trinajstić information content (AvgIpc) is 3.20. The van der Waals surface area contributed by atoms with Crippen molar-refractivity contribution in [1.29, 1.82) is 0 Å². The van der Waals surface area contributed by atoms with Crippen LogP contribution in [0.2, 0.25) is 0 Å². The van der Waals surface area contributed by atoms with Gasteiger partial charge < -0.3 is 24.8 Å². The van der Waals surface area contributed by atoms with Gasteiger partial charge in [0.15, 0.2) is 5.78 Å². The number of carbonyl (C=O) groups excluding carboxylic acids is 1. The first-order chi connectivity index (χ1) is 9.84. The van der Waals surface area contributed by atoms with Gasteiger partial charge in [0.05, 0.1) is 30.8 Å². The topological polar surface area (TPSA) is 99.5 Å². The minimum Gasteiger partial charge on any atom is -0.396 e. The van der Waals surface area contributed by atoms with Crippen molar-refractivity contribution in [1.82, 2.24) is 0 Å². The maximum absolute atomic E-state index is 12.3. The van der Waals surface area contributed by atoms with E-state index < -0.39 is 47.5 Å². The summed E-state index contributed by atoms with van der Waals surface area (Å²) in [5.41, 5.74) is -2.16. The normalized spacial score (nSPS) is 58.1. The van der Waals surface area contributed by atoms with Crippen LogP contribution in [0, 0.1) is 10.8 Å². The fourth-order valence-electron chi connectivity index (χ4n) is 5.02. The quantitative estimate of drug-likeness (QED) is 0.431. The third kappa shape index (κ3) is 1.22. The number of rotatable bonds is 1. The largest absolute Gasteiger partial charge is 0.396 e. The zero-order valence-corrected chi connectivity index (χ0v) is 12.1. The number of aliphatic hydroxyl groups is 3. The molecule has 1 unspecified atom stereocenters. The molecule has 3 fully saturated rings. The second-order valence-corrected chi connectivity index (χ2v) is 7.07. The SMILES string of the molecule is [13CH3][13C]1=[13CH][13C@H]2O[13C@@H]3[13C@H](O)[13CH2][13C@]([13CH3])([13C]34[13CH2]O4)[13C@@]2([13CH2]O)[13C@H](O)[13C]1=O. The minimum absolute atomic E-state index is 0.339. The summed E-state index contributed by atoms with van der Waals surface area (Å²) in [5.74, 6) is -0.388. The summed E-state index contributed by atoms with van der Waals surface area (Å²) in [5, 5.41) is 31.1. The second kappa shape index (κ2) is 3.75. The molecule has 2 aliphatic carbocycles. The van der Waals surface area contributed by atoms with Crippen molar-refractivity contribution >= 4 is 5.78 Å². The molecule has 3 N–H and O–H groups in total. The zero-order chi connectivity index (χ0) is 15.2. The van der Waals surface area contributed by atoms with E-state index in [1.807, 2.05) is 6.92 Å². The van der Waals surface area contributed by atoms with Gasteiger partial charge in [-0.05, 0) is 25.0 Å². The van der Waals surface area contributed by atoms with E-state index in [2.05, 4.69) is 0 Å². The number of Topliss-reactive ketones (excluding diaryl/α,β-unsaturated/α-hetero) is 1. The van der Waals surface area contributed by atoms with Gasteiger partial charge in [0, 0.05) is 5.41 Å². The van der Waals surface area contributed by atoms with Crippen LogP contribution in [0.25, 0.3) is 0 Å². The Balaban J connectivity index is 1.95. The third-order valence-corrected chi connectivity index (χ3v) is 6.43. The lowest BCUT2D eigenvalue weighted by Gasteiger charge is -2.58. The Hall–Kier alpha value is -0.790. The maximum Gasteiger partial charge on any atom is 0.187 e. The number of hydrogen-bond acceptors (Lipinski definition) is 6. The van der Waals surface area contributed by atoms with Gasteiger partial charge in [-0.1, -0.05) is 6.92 Å². The average molecular weight is 311 g/mol. The molecule has 6 heteroatoms. The van der Waals surface area contributed by atoms with Crippen LogP contribution in [0.4, 0.5) is 0 Å². The lowest BCUT2D eigenvalue weighted by Crippen LogP contribution is -2.70. The first-order valence-electron chi connectivity index (χ1n) is 7.33. The van der Waals surface area contributed by atoms with Gasteiger partial charge >= 0.3 is 0 Å². The molecular weight excluding hydrogens is 291 g/mol. The van der Waals surface area contributed by atoms with E-state index in [0.29, 0.717) is 18.6 Å². The molecule has 0 aromatic carbocycles. The van der Waals surface area contributed by atoms with Crippen LogP contribution in [0.5, 0.6) is 0 Å². The molecule has 0 aromatic heterocycles. The van der Waals surface area contributed by atoms with E-state index >= 15 is 0 Å². The minimum atomic E-state index is -1.35. The van der Waals surface area contributed by atoms with E-state index in [-0.39, 0.29) is 5.78 Å². The second-order valence-electron chi connectivity index (χ2n) is 7.07. The summed E-state index contributed by atoms with van der Waals surface area (Å²) in [6, 6.07) is 0. The fraction of sp³-hybridized carbons (Fsp3) is 0.800. The molecule has 1 saturated carbocycles. The van der Waals surface area contributed by atoms with Crippen LogP contribution in [-0.4, -0.2) is 64.3 Å². The first-order valence-corrected chi connectivity index (χ1v) is 7.33. The van der Waals surface area contributed by atoms with E-state index in [1.54, 1.807) is 13.0 Å². The highest BCUT2D eigenvalue weighted by atomic mass is 16.9. The number of ether oxygens (including phenoxy) is 2. The highest BCUT2D eigenvalue weighted by Crippen LogP contribution is 2.70. The maximum atomic E-state index is 12.3. The van der Waals surface area contributed by atoms with E-state index in [0.717, 1.165) is 0 Å². The molecule has 2 heterocycles. The van der Waals surface area contributed by atoms with Crippen molar-refractivity contribution in [3.05, 3.63) is 11.6 Å². The van der Waals surface area contributed by atoms with Crippen LogP contribution < -0.4 is 0 Å². The Morgan fingerprint density at radius 3 is 2.67 bits per heavy atom. The summed E-state index contributed by atoms with van der Waals surface area (Å²) in [7, 11) is 0. The van der Waals surface area contributed by atoms with E-state index in [4.69, 9.17) is 9.47 Å². The Labute approximate surface area is 122 Å². The van der Waals surface area contributed by atoms with Crippen molar-refractivity contribution in [2.75, 3.05) is 13.2 Å². The standard InChI is InChI=1S/C15H20O6/c1-7-3-9-14(5-16,11(19)10(7)18)13(2)4-8(17)12(21-9)15(13)6-20-15/h3,8-9,11-12,16-17,19H,4-6H2,1-2H3/t8-,9-,11-,12-,13+,14-,15?/m1/s1/i1+1,2+1,3+1,4+1,5+1,6+1,7+1,8+1,9+1,10+1,11+1,12+1,13+1,14+1,15+1. The summed E-state index contributed by atoms with van der Waals surface area (Å²) in [4.78, 5) is 12.3. The number of fused-ring (bicyclic) bond motifs is 2. The summed E-state index contributed by atoms with van der Waals surface area (Å²) >= 11 is 0. The van der Waals surface area contributed by atoms with E-state index in [1.165, 1.54) is 0 Å². The van der Waals surface area contributed by atoms with Crippen molar-refractivity contribution in [2.24, 2.45) is 10.8 Å². The molecule has 116 valence electrons. The van der Waals surface area contributed by atoms with Gasteiger partial charge in [-0.2, -0.15) is 0 Å². The number of carbonyl (C=O) groups is 1. The monoisotopic (exact) mass is 311 g/mol. The molecule has 0 aromatic rings. The Bertz CT molecular complexity index is 552. The van der Waals surface area contributed by atoms with Gasteiger partial charge in [0.2, 0.25) is 0 Å². The van der Waals surface area contributed by atoms with Crippen molar-refractivity contribution in [2.45, 2.75) is 50.3 Å². The molecule has 0 amide bonds. The molecule has 2 saturated heterocycles. The number of aliphatic hydroxyl groups excluding tert-OH is 3. The Morgan fingerprint density at radius 1 is 1.43 bits per heavy atom. The Kier molecular flexibility index (Phi) is 2.47. The first kappa shape index (κ1) is 13.8. The molecule has 21 heavy (non-hydrogen) atoms. The van der Waals surface area contributed by atoms with Gasteiger partial charge in [-0.25, -0.2) is 0 Å². The fourth-order valence-corrected chi connectivity index (χ4v) is 5.02. The molecule has 2 aliphatic heterocycles. The molecule has 7 atom stereocenters. The van der Waals surface area contributed by atoms with Crippen molar-refractivity contribution in [3.63, 3.8) is 0 Å². The lowest BCUT2D eigenvalue weighted by atomic mass is 10.5. The highest BCUT2D eigenvalue weighted by molar-refractivity contribution is 6.00. The molecule has 6 nitrogen and oxygen atoms in total. The van der Waals surface area contributed by atoms with Crippen molar-refractivity contribution in [3.8, 4) is 0 Å².